The molecule has 2 aromatic rings. The number of nitro benzene ring substituents is 1. The number of amides is 1. The normalized spacial score (nSPS) is 14.9. The third-order valence-electron chi connectivity index (χ3n) is 3.51. The van der Waals surface area contributed by atoms with Crippen molar-refractivity contribution in [1.82, 2.24) is 10.6 Å². The number of ether oxygens (including phenoxy) is 1. The fourth-order valence-corrected chi connectivity index (χ4v) is 2.73. The monoisotopic (exact) mass is 389 g/mol. The third kappa shape index (κ3) is 4.16. The fourth-order valence-electron chi connectivity index (χ4n) is 2.32. The molecule has 1 fully saturated rings. The van der Waals surface area contributed by atoms with Crippen LogP contribution in [-0.2, 0) is 11.4 Å². The van der Waals surface area contributed by atoms with Crippen molar-refractivity contribution >= 4 is 46.6 Å². The maximum Gasteiger partial charge on any atom is 0.273 e. The molecule has 0 radical (unpaired) electrons. The molecule has 0 atom stereocenters. The Morgan fingerprint density at radius 1 is 1.23 bits per heavy atom. The molecule has 1 heterocycles. The summed E-state index contributed by atoms with van der Waals surface area (Å²) in [6.45, 7) is 0.215. The molecule has 1 amide bonds. The van der Waals surface area contributed by atoms with Gasteiger partial charge in [-0.3, -0.25) is 20.2 Å². The predicted octanol–water partition coefficient (Wildman–Crippen LogP) is 3.17. The first-order valence-corrected chi connectivity index (χ1v) is 8.21. The number of carbonyl (C=O) groups is 1. The van der Waals surface area contributed by atoms with Crippen molar-refractivity contribution in [1.29, 1.82) is 0 Å². The highest BCUT2D eigenvalue weighted by molar-refractivity contribution is 7.80. The summed E-state index contributed by atoms with van der Waals surface area (Å²) in [5, 5.41) is 16.9. The van der Waals surface area contributed by atoms with Gasteiger partial charge in [-0.1, -0.05) is 23.7 Å². The smallest absolute Gasteiger partial charge is 0.273 e. The molecule has 0 aromatic heterocycles. The molecule has 9 heteroatoms. The highest BCUT2D eigenvalue weighted by Crippen LogP contribution is 2.27. The number of thiocarbonyl (C=S) groups is 1. The van der Waals surface area contributed by atoms with Crippen LogP contribution in [0, 0.1) is 10.1 Å². The van der Waals surface area contributed by atoms with Gasteiger partial charge in [-0.2, -0.15) is 0 Å². The Hall–Kier alpha value is -2.97. The number of hydrogen-bond donors (Lipinski definition) is 2. The first-order chi connectivity index (χ1) is 12.4. The summed E-state index contributed by atoms with van der Waals surface area (Å²) in [6.07, 6.45) is 1.45. The number of nitrogens with one attached hydrogen (secondary N) is 2. The van der Waals surface area contributed by atoms with E-state index in [1.54, 1.807) is 18.2 Å². The summed E-state index contributed by atoms with van der Waals surface area (Å²) in [5.41, 5.74) is 1.28. The minimum atomic E-state index is -0.518. The molecule has 7 nitrogen and oxygen atoms in total. The van der Waals surface area contributed by atoms with Crippen LogP contribution in [0.1, 0.15) is 11.1 Å². The standard InChI is InChI=1S/C17H12ClN3O4S/c18-12-3-1-2-10(6-12)9-25-15-5-4-13(21(23)24)7-11(15)8-14-16(22)20-17(26)19-14/h1-8H,9H2,(H2,19,20,22,26)/b14-8-. The lowest BCUT2D eigenvalue weighted by Crippen LogP contribution is -2.21. The minimum absolute atomic E-state index is 0.118. The SMILES string of the molecule is O=C1NC(=S)N/C1=C\c1cc([N+](=O)[O-])ccc1OCc1cccc(Cl)c1. The number of benzene rings is 2. The molecular formula is C17H12ClN3O4S. The largest absolute Gasteiger partial charge is 0.488 e. The van der Waals surface area contributed by atoms with E-state index in [1.165, 1.54) is 24.3 Å². The van der Waals surface area contributed by atoms with E-state index >= 15 is 0 Å². The third-order valence-corrected chi connectivity index (χ3v) is 3.95. The zero-order valence-corrected chi connectivity index (χ0v) is 14.8. The van der Waals surface area contributed by atoms with E-state index < -0.39 is 10.8 Å². The second kappa shape index (κ2) is 7.51. The zero-order chi connectivity index (χ0) is 18.7. The van der Waals surface area contributed by atoms with Gasteiger partial charge in [0.15, 0.2) is 5.11 Å². The van der Waals surface area contributed by atoms with Gasteiger partial charge in [-0.05, 0) is 42.1 Å². The van der Waals surface area contributed by atoms with Gasteiger partial charge in [-0.25, -0.2) is 0 Å². The molecule has 1 aliphatic heterocycles. The maximum atomic E-state index is 11.8. The first kappa shape index (κ1) is 17.8. The fraction of sp³-hybridized carbons (Fsp3) is 0.0588. The van der Waals surface area contributed by atoms with E-state index in [1.807, 2.05) is 6.07 Å². The van der Waals surface area contributed by atoms with Gasteiger partial charge in [0.2, 0.25) is 0 Å². The average molecular weight is 390 g/mol. The lowest BCUT2D eigenvalue weighted by molar-refractivity contribution is -0.384. The number of carbonyl (C=O) groups excluding carboxylic acids is 1. The average Bonchev–Trinajstić information content (AvgIpc) is 2.91. The highest BCUT2D eigenvalue weighted by Gasteiger charge is 2.21. The van der Waals surface area contributed by atoms with E-state index in [9.17, 15) is 14.9 Å². The van der Waals surface area contributed by atoms with Gasteiger partial charge in [0.25, 0.3) is 11.6 Å². The van der Waals surface area contributed by atoms with Crippen LogP contribution in [0.2, 0.25) is 5.02 Å². The molecule has 26 heavy (non-hydrogen) atoms. The first-order valence-electron chi connectivity index (χ1n) is 7.42. The number of nitrogens with zero attached hydrogens (tertiary/aromatic N) is 1. The van der Waals surface area contributed by atoms with Gasteiger partial charge in [0.1, 0.15) is 18.1 Å². The van der Waals surface area contributed by atoms with Crippen LogP contribution < -0.4 is 15.4 Å². The molecule has 3 rings (SSSR count). The van der Waals surface area contributed by atoms with Crippen LogP contribution >= 0.6 is 23.8 Å². The van der Waals surface area contributed by atoms with Crippen LogP contribution in [0.5, 0.6) is 5.75 Å². The molecule has 0 bridgehead atoms. The van der Waals surface area contributed by atoms with Crippen LogP contribution in [-0.4, -0.2) is 15.9 Å². The summed E-state index contributed by atoms with van der Waals surface area (Å²) in [4.78, 5) is 22.3. The molecule has 2 aromatic carbocycles. The van der Waals surface area contributed by atoms with Crippen molar-refractivity contribution in [2.24, 2.45) is 0 Å². The Kier molecular flexibility index (Phi) is 5.15. The van der Waals surface area contributed by atoms with E-state index in [4.69, 9.17) is 28.6 Å². The summed E-state index contributed by atoms with van der Waals surface area (Å²) in [5.74, 6) is -0.0298. The molecule has 0 aliphatic carbocycles. The number of non-ortho nitro benzene ring substituents is 1. The summed E-state index contributed by atoms with van der Waals surface area (Å²) >= 11 is 10.8. The Morgan fingerprint density at radius 2 is 2.04 bits per heavy atom. The molecule has 1 aliphatic rings. The molecular weight excluding hydrogens is 378 g/mol. The lowest BCUT2D eigenvalue weighted by Gasteiger charge is -2.10. The molecule has 0 saturated carbocycles. The minimum Gasteiger partial charge on any atom is -0.488 e. The topological polar surface area (TPSA) is 93.5 Å². The van der Waals surface area contributed by atoms with Gasteiger partial charge < -0.3 is 10.1 Å². The number of nitro groups is 1. The molecule has 0 spiro atoms. The Balaban J connectivity index is 1.91. The number of rotatable bonds is 5. The van der Waals surface area contributed by atoms with E-state index in [0.29, 0.717) is 16.3 Å². The Morgan fingerprint density at radius 3 is 2.69 bits per heavy atom. The predicted molar refractivity (Wildman–Crippen MR) is 101 cm³/mol. The van der Waals surface area contributed by atoms with Gasteiger partial charge in [0.05, 0.1) is 4.92 Å². The number of halogens is 1. The number of hydrogen-bond acceptors (Lipinski definition) is 5. The summed E-state index contributed by atoms with van der Waals surface area (Å²) < 4.78 is 5.77. The second-order valence-electron chi connectivity index (χ2n) is 5.36. The van der Waals surface area contributed by atoms with Crippen molar-refractivity contribution in [2.75, 3.05) is 0 Å². The quantitative estimate of drug-likeness (QED) is 0.353. The van der Waals surface area contributed by atoms with Crippen LogP contribution in [0.25, 0.3) is 6.08 Å². The van der Waals surface area contributed by atoms with Gasteiger partial charge in [-0.15, -0.1) is 0 Å². The van der Waals surface area contributed by atoms with Crippen molar-refractivity contribution in [3.05, 3.63) is 74.4 Å². The van der Waals surface area contributed by atoms with Crippen molar-refractivity contribution < 1.29 is 14.5 Å². The molecule has 1 saturated heterocycles. The Labute approximate surface area is 158 Å². The molecule has 132 valence electrons. The lowest BCUT2D eigenvalue weighted by atomic mass is 10.1. The van der Waals surface area contributed by atoms with Crippen molar-refractivity contribution in [3.63, 3.8) is 0 Å². The van der Waals surface area contributed by atoms with Crippen LogP contribution in [0.15, 0.2) is 48.2 Å². The van der Waals surface area contributed by atoms with E-state index in [-0.39, 0.29) is 23.1 Å². The van der Waals surface area contributed by atoms with E-state index in [2.05, 4.69) is 10.6 Å². The molecule has 0 unspecified atom stereocenters. The van der Waals surface area contributed by atoms with Crippen molar-refractivity contribution in [2.45, 2.75) is 6.61 Å². The van der Waals surface area contributed by atoms with Gasteiger partial charge in [0, 0.05) is 22.7 Å². The summed E-state index contributed by atoms with van der Waals surface area (Å²) in [7, 11) is 0. The van der Waals surface area contributed by atoms with Crippen LogP contribution in [0.4, 0.5) is 5.69 Å². The second-order valence-corrected chi connectivity index (χ2v) is 6.21. The summed E-state index contributed by atoms with van der Waals surface area (Å²) in [6, 6.07) is 11.3. The van der Waals surface area contributed by atoms with E-state index in [0.717, 1.165) is 5.56 Å². The highest BCUT2D eigenvalue weighted by atomic mass is 35.5. The maximum absolute atomic E-state index is 11.8. The van der Waals surface area contributed by atoms with Gasteiger partial charge >= 0.3 is 0 Å². The van der Waals surface area contributed by atoms with Crippen LogP contribution in [0.3, 0.4) is 0 Å². The zero-order valence-electron chi connectivity index (χ0n) is 13.2. The Bertz CT molecular complexity index is 945. The van der Waals surface area contributed by atoms with Crippen molar-refractivity contribution in [3.8, 4) is 5.75 Å². The molecule has 2 N–H and O–H groups in total.